The number of benzene rings is 1. The van der Waals surface area contributed by atoms with Crippen molar-refractivity contribution in [1.29, 1.82) is 0 Å². The third-order valence-electron chi connectivity index (χ3n) is 2.81. The molecule has 0 aliphatic rings. The van der Waals surface area contributed by atoms with Gasteiger partial charge in [-0.1, -0.05) is 6.07 Å². The van der Waals surface area contributed by atoms with Crippen LogP contribution in [0.4, 0.5) is 11.4 Å². The van der Waals surface area contributed by atoms with Crippen molar-refractivity contribution in [1.82, 2.24) is 4.98 Å². The average Bonchev–Trinajstić information content (AvgIpc) is 2.37. The quantitative estimate of drug-likeness (QED) is 0.886. The van der Waals surface area contributed by atoms with Crippen molar-refractivity contribution in [3.63, 3.8) is 0 Å². The van der Waals surface area contributed by atoms with E-state index in [4.69, 9.17) is 0 Å². The Bertz CT molecular complexity index is 588. The van der Waals surface area contributed by atoms with Crippen molar-refractivity contribution < 1.29 is 4.79 Å². The summed E-state index contributed by atoms with van der Waals surface area (Å²) in [6.45, 7) is 4.01. The van der Waals surface area contributed by atoms with Crippen molar-refractivity contribution in [2.45, 2.75) is 13.8 Å². The van der Waals surface area contributed by atoms with Crippen LogP contribution in [0.25, 0.3) is 0 Å². The molecule has 0 bridgehead atoms. The van der Waals surface area contributed by atoms with E-state index in [1.165, 1.54) is 0 Å². The Kier molecular flexibility index (Phi) is 3.80. The third-order valence-corrected chi connectivity index (χ3v) is 2.81. The van der Waals surface area contributed by atoms with Crippen LogP contribution in [-0.4, -0.2) is 17.9 Å². The number of amides is 1. The lowest BCUT2D eigenvalue weighted by Crippen LogP contribution is -2.14. The Labute approximate surface area is 112 Å². The predicted molar refractivity (Wildman–Crippen MR) is 77.7 cm³/mol. The van der Waals surface area contributed by atoms with Crippen LogP contribution in [0.1, 0.15) is 21.5 Å². The molecule has 0 aliphatic heterocycles. The van der Waals surface area contributed by atoms with E-state index in [0.29, 0.717) is 5.56 Å². The molecule has 4 nitrogen and oxygen atoms in total. The van der Waals surface area contributed by atoms with E-state index in [0.717, 1.165) is 22.5 Å². The van der Waals surface area contributed by atoms with E-state index in [-0.39, 0.29) is 5.91 Å². The van der Waals surface area contributed by atoms with Gasteiger partial charge < -0.3 is 10.6 Å². The second kappa shape index (κ2) is 5.52. The van der Waals surface area contributed by atoms with E-state index in [1.54, 1.807) is 25.5 Å². The second-order valence-corrected chi connectivity index (χ2v) is 4.50. The van der Waals surface area contributed by atoms with Gasteiger partial charge in [0.15, 0.2) is 0 Å². The fourth-order valence-electron chi connectivity index (χ4n) is 2.04. The average molecular weight is 255 g/mol. The van der Waals surface area contributed by atoms with Crippen molar-refractivity contribution in [2.75, 3.05) is 17.7 Å². The zero-order chi connectivity index (χ0) is 13.8. The molecule has 0 radical (unpaired) electrons. The first-order chi connectivity index (χ1) is 9.10. The highest BCUT2D eigenvalue weighted by Crippen LogP contribution is 2.17. The molecule has 19 heavy (non-hydrogen) atoms. The smallest absolute Gasteiger partial charge is 0.259 e. The summed E-state index contributed by atoms with van der Waals surface area (Å²) in [4.78, 5) is 16.2. The van der Waals surface area contributed by atoms with Crippen molar-refractivity contribution in [3.8, 4) is 0 Å². The highest BCUT2D eigenvalue weighted by atomic mass is 16.1. The molecule has 2 N–H and O–H groups in total. The minimum Gasteiger partial charge on any atom is -0.387 e. The van der Waals surface area contributed by atoms with Crippen molar-refractivity contribution >= 4 is 17.3 Å². The predicted octanol–water partition coefficient (Wildman–Crippen LogP) is 2.99. The van der Waals surface area contributed by atoms with Gasteiger partial charge in [-0.05, 0) is 43.2 Å². The van der Waals surface area contributed by atoms with E-state index in [2.05, 4.69) is 21.7 Å². The van der Waals surface area contributed by atoms with Crippen LogP contribution in [-0.2, 0) is 0 Å². The van der Waals surface area contributed by atoms with Gasteiger partial charge >= 0.3 is 0 Å². The molecule has 0 spiro atoms. The molecule has 0 aliphatic carbocycles. The molecule has 98 valence electrons. The van der Waals surface area contributed by atoms with Crippen LogP contribution in [0, 0.1) is 13.8 Å². The van der Waals surface area contributed by atoms with Crippen LogP contribution in [0.5, 0.6) is 0 Å². The molecule has 2 rings (SSSR count). The minimum atomic E-state index is -0.164. The lowest BCUT2D eigenvalue weighted by Gasteiger charge is -2.10. The van der Waals surface area contributed by atoms with Crippen molar-refractivity contribution in [2.24, 2.45) is 0 Å². The van der Waals surface area contributed by atoms with Gasteiger partial charge in [0.1, 0.15) is 0 Å². The lowest BCUT2D eigenvalue weighted by molar-refractivity contribution is 0.102. The topological polar surface area (TPSA) is 54.0 Å². The zero-order valence-corrected chi connectivity index (χ0v) is 11.3. The highest BCUT2D eigenvalue weighted by molar-refractivity contribution is 6.07. The molecule has 1 amide bonds. The number of hydrogen-bond acceptors (Lipinski definition) is 3. The summed E-state index contributed by atoms with van der Waals surface area (Å²) in [5, 5.41) is 5.88. The van der Waals surface area contributed by atoms with Gasteiger partial charge in [-0.15, -0.1) is 0 Å². The Hall–Kier alpha value is -2.36. The number of nitrogens with zero attached hydrogens (tertiary/aromatic N) is 1. The van der Waals surface area contributed by atoms with Gasteiger partial charge in [-0.3, -0.25) is 9.78 Å². The van der Waals surface area contributed by atoms with E-state index >= 15 is 0 Å². The maximum atomic E-state index is 12.2. The molecule has 0 saturated carbocycles. The largest absolute Gasteiger partial charge is 0.387 e. The monoisotopic (exact) mass is 255 g/mol. The number of anilines is 2. The van der Waals surface area contributed by atoms with Gasteiger partial charge in [0.2, 0.25) is 0 Å². The minimum absolute atomic E-state index is 0.164. The molecule has 1 aromatic carbocycles. The Balaban J connectivity index is 2.25. The van der Waals surface area contributed by atoms with Gasteiger partial charge in [-0.2, -0.15) is 0 Å². The van der Waals surface area contributed by atoms with Gasteiger partial charge in [0.05, 0.1) is 5.56 Å². The van der Waals surface area contributed by atoms with Crippen LogP contribution >= 0.6 is 0 Å². The molecule has 1 heterocycles. The number of aryl methyl sites for hydroxylation is 2. The highest BCUT2D eigenvalue weighted by Gasteiger charge is 2.11. The molecule has 2 aromatic rings. The molecular weight excluding hydrogens is 238 g/mol. The van der Waals surface area contributed by atoms with Gasteiger partial charge in [0.25, 0.3) is 5.91 Å². The Morgan fingerprint density at radius 1 is 1.16 bits per heavy atom. The Morgan fingerprint density at radius 3 is 2.47 bits per heavy atom. The zero-order valence-electron chi connectivity index (χ0n) is 11.3. The molecule has 0 fully saturated rings. The molecule has 0 atom stereocenters. The summed E-state index contributed by atoms with van der Waals surface area (Å²) in [6, 6.07) is 7.73. The number of hydrogen-bond donors (Lipinski definition) is 2. The number of carbonyl (C=O) groups is 1. The van der Waals surface area contributed by atoms with Crippen LogP contribution in [0.2, 0.25) is 0 Å². The second-order valence-electron chi connectivity index (χ2n) is 4.50. The normalized spacial score (nSPS) is 10.1. The third kappa shape index (κ3) is 3.10. The summed E-state index contributed by atoms with van der Waals surface area (Å²) in [6.07, 6.45) is 3.21. The van der Waals surface area contributed by atoms with Crippen LogP contribution < -0.4 is 10.6 Å². The summed E-state index contributed by atoms with van der Waals surface area (Å²) in [5.41, 5.74) is 4.33. The Morgan fingerprint density at radius 2 is 1.84 bits per heavy atom. The fourth-order valence-corrected chi connectivity index (χ4v) is 2.04. The van der Waals surface area contributed by atoms with E-state index < -0.39 is 0 Å². The summed E-state index contributed by atoms with van der Waals surface area (Å²) < 4.78 is 0. The van der Waals surface area contributed by atoms with E-state index in [9.17, 15) is 4.79 Å². The molecule has 4 heteroatoms. The van der Waals surface area contributed by atoms with E-state index in [1.807, 2.05) is 26.0 Å². The van der Waals surface area contributed by atoms with Crippen LogP contribution in [0.3, 0.4) is 0 Å². The molecule has 0 saturated heterocycles. The SMILES string of the molecule is CNc1ccncc1C(=O)Nc1cc(C)cc(C)c1. The summed E-state index contributed by atoms with van der Waals surface area (Å²) in [5.74, 6) is -0.164. The summed E-state index contributed by atoms with van der Waals surface area (Å²) >= 11 is 0. The first kappa shape index (κ1) is 13.1. The van der Waals surface area contributed by atoms with Gasteiger partial charge in [-0.25, -0.2) is 0 Å². The molecular formula is C15H17N3O. The van der Waals surface area contributed by atoms with Gasteiger partial charge in [0, 0.05) is 30.8 Å². The number of aromatic nitrogens is 1. The van der Waals surface area contributed by atoms with Crippen molar-refractivity contribution in [3.05, 3.63) is 53.3 Å². The summed E-state index contributed by atoms with van der Waals surface area (Å²) in [7, 11) is 1.78. The number of carbonyl (C=O) groups excluding carboxylic acids is 1. The fraction of sp³-hybridized carbons (Fsp3) is 0.200. The maximum Gasteiger partial charge on any atom is 0.259 e. The number of pyridine rings is 1. The number of rotatable bonds is 3. The standard InChI is InChI=1S/C15H17N3O/c1-10-6-11(2)8-12(7-10)18-15(19)13-9-17-5-4-14(13)16-3/h4-9H,1-3H3,(H,16,17)(H,18,19). The maximum absolute atomic E-state index is 12.2. The molecule has 1 aromatic heterocycles. The number of nitrogens with one attached hydrogen (secondary N) is 2. The first-order valence-corrected chi connectivity index (χ1v) is 6.11. The first-order valence-electron chi connectivity index (χ1n) is 6.11. The molecule has 0 unspecified atom stereocenters. The van der Waals surface area contributed by atoms with Crippen LogP contribution in [0.15, 0.2) is 36.7 Å². The lowest BCUT2D eigenvalue weighted by atomic mass is 10.1.